The number of halogens is 1. The molecule has 0 saturated carbocycles. The second-order valence-electron chi connectivity index (χ2n) is 6.28. The van der Waals surface area contributed by atoms with E-state index < -0.39 is 5.97 Å². The Balaban J connectivity index is 2.08. The first kappa shape index (κ1) is 19.9. The molecule has 3 aromatic carbocycles. The van der Waals surface area contributed by atoms with Gasteiger partial charge in [-0.25, -0.2) is 4.79 Å². The van der Waals surface area contributed by atoms with E-state index in [4.69, 9.17) is 11.6 Å². The van der Waals surface area contributed by atoms with Crippen LogP contribution in [0.15, 0.2) is 65.8 Å². The average molecular weight is 406 g/mol. The third kappa shape index (κ3) is 4.54. The number of carboxylic acid groups (broad SMARTS) is 1. The van der Waals surface area contributed by atoms with E-state index >= 15 is 0 Å². The van der Waals surface area contributed by atoms with Gasteiger partial charge in [0.2, 0.25) is 0 Å². The summed E-state index contributed by atoms with van der Waals surface area (Å²) in [4.78, 5) is 11.8. The van der Waals surface area contributed by atoms with Crippen LogP contribution in [-0.4, -0.2) is 21.9 Å². The van der Waals surface area contributed by atoms with Crippen molar-refractivity contribution in [2.45, 2.75) is 6.92 Å². The molecule has 6 nitrogen and oxygen atoms in total. The fourth-order valence-corrected chi connectivity index (χ4v) is 2.85. The first-order valence-corrected chi connectivity index (χ1v) is 8.94. The average Bonchev–Trinajstić information content (AvgIpc) is 2.69. The first-order valence-electron chi connectivity index (χ1n) is 8.56. The molecular formula is C22H16ClN3O3. The predicted molar refractivity (Wildman–Crippen MR) is 112 cm³/mol. The molecule has 3 rings (SSSR count). The summed E-state index contributed by atoms with van der Waals surface area (Å²) in [7, 11) is 0. The monoisotopic (exact) mass is 405 g/mol. The molecule has 7 heteroatoms. The predicted octanol–water partition coefficient (Wildman–Crippen LogP) is 4.79. The van der Waals surface area contributed by atoms with Crippen molar-refractivity contribution in [2.24, 2.45) is 5.10 Å². The zero-order valence-corrected chi connectivity index (χ0v) is 16.1. The van der Waals surface area contributed by atoms with E-state index in [1.807, 2.05) is 25.1 Å². The van der Waals surface area contributed by atoms with E-state index in [9.17, 15) is 20.3 Å². The summed E-state index contributed by atoms with van der Waals surface area (Å²) >= 11 is 5.92. The van der Waals surface area contributed by atoms with E-state index in [1.54, 1.807) is 36.4 Å². The molecule has 29 heavy (non-hydrogen) atoms. The molecule has 0 aromatic heterocycles. The fourth-order valence-electron chi connectivity index (χ4n) is 2.72. The Kier molecular flexibility index (Phi) is 5.82. The summed E-state index contributed by atoms with van der Waals surface area (Å²) in [6.07, 6.45) is 0. The van der Waals surface area contributed by atoms with Gasteiger partial charge in [0.15, 0.2) is 5.71 Å². The van der Waals surface area contributed by atoms with Gasteiger partial charge in [0.1, 0.15) is 17.4 Å². The summed E-state index contributed by atoms with van der Waals surface area (Å²) in [6.45, 7) is 1.94. The number of hydrogen-bond donors (Lipinski definition) is 3. The van der Waals surface area contributed by atoms with Crippen LogP contribution in [0.4, 0.5) is 5.69 Å². The number of nitrogens with zero attached hydrogens (tertiary/aromatic N) is 2. The lowest BCUT2D eigenvalue weighted by Gasteiger charge is -2.11. The molecule has 0 aliphatic rings. The van der Waals surface area contributed by atoms with Gasteiger partial charge in [-0.05, 0) is 48.9 Å². The fraction of sp³-hybridized carbons (Fsp3) is 0.0455. The van der Waals surface area contributed by atoms with Crippen molar-refractivity contribution in [2.75, 3.05) is 5.43 Å². The maximum absolute atomic E-state index is 11.8. The van der Waals surface area contributed by atoms with Gasteiger partial charge < -0.3 is 10.2 Å². The van der Waals surface area contributed by atoms with Crippen molar-refractivity contribution in [3.63, 3.8) is 0 Å². The lowest BCUT2D eigenvalue weighted by Crippen LogP contribution is -2.16. The Bertz CT molecular complexity index is 1130. The highest BCUT2D eigenvalue weighted by Gasteiger charge is 2.19. The SMILES string of the molecule is Cc1ccc(N/N=C(\C(=O)O)c2cc(O)c(C#N)c(-c3ccc(Cl)cc3)c2)cc1. The highest BCUT2D eigenvalue weighted by molar-refractivity contribution is 6.42. The number of anilines is 1. The summed E-state index contributed by atoms with van der Waals surface area (Å²) in [5.41, 5.74) is 5.25. The molecular weight excluding hydrogens is 390 g/mol. The number of hydrazone groups is 1. The second kappa shape index (κ2) is 8.46. The molecule has 0 fully saturated rings. The molecule has 0 aliphatic carbocycles. The quantitative estimate of drug-likeness (QED) is 0.418. The van der Waals surface area contributed by atoms with Crippen LogP contribution in [0.1, 0.15) is 16.7 Å². The van der Waals surface area contributed by atoms with Gasteiger partial charge in [0, 0.05) is 16.1 Å². The molecule has 0 atom stereocenters. The standard InChI is InChI=1S/C22H16ClN3O3/c1-13-2-8-17(9-3-13)25-26-21(22(28)29)15-10-18(19(12-24)20(27)11-15)14-4-6-16(23)7-5-14/h2-11,25,27H,1H3,(H,28,29)/b26-21-. The lowest BCUT2D eigenvalue weighted by atomic mass is 9.95. The molecule has 0 radical (unpaired) electrons. The molecule has 0 saturated heterocycles. The number of carbonyl (C=O) groups is 1. The number of rotatable bonds is 5. The number of aryl methyl sites for hydroxylation is 1. The number of carboxylic acids is 1. The van der Waals surface area contributed by atoms with Gasteiger partial charge in [-0.3, -0.25) is 5.43 Å². The van der Waals surface area contributed by atoms with Crippen LogP contribution in [0.2, 0.25) is 5.02 Å². The number of benzene rings is 3. The largest absolute Gasteiger partial charge is 0.507 e. The maximum Gasteiger partial charge on any atom is 0.356 e. The Labute approximate surface area is 172 Å². The lowest BCUT2D eigenvalue weighted by molar-refractivity contribution is -0.129. The summed E-state index contributed by atoms with van der Waals surface area (Å²) in [5.74, 6) is -1.62. The van der Waals surface area contributed by atoms with Gasteiger partial charge in [0.25, 0.3) is 0 Å². The number of phenols is 1. The highest BCUT2D eigenvalue weighted by atomic mass is 35.5. The first-order chi connectivity index (χ1) is 13.9. The normalized spacial score (nSPS) is 11.0. The van der Waals surface area contributed by atoms with Crippen LogP contribution < -0.4 is 5.43 Å². The molecule has 3 N–H and O–H groups in total. The van der Waals surface area contributed by atoms with Crippen LogP contribution >= 0.6 is 11.6 Å². The van der Waals surface area contributed by atoms with Gasteiger partial charge in [-0.15, -0.1) is 0 Å². The zero-order valence-electron chi connectivity index (χ0n) is 15.3. The zero-order chi connectivity index (χ0) is 21.0. The molecule has 144 valence electrons. The van der Waals surface area contributed by atoms with Gasteiger partial charge >= 0.3 is 5.97 Å². The van der Waals surface area contributed by atoms with Crippen LogP contribution in [0.3, 0.4) is 0 Å². The minimum atomic E-state index is -1.28. The van der Waals surface area contributed by atoms with Gasteiger partial charge in [-0.2, -0.15) is 10.4 Å². The molecule has 3 aromatic rings. The smallest absolute Gasteiger partial charge is 0.356 e. The minimum Gasteiger partial charge on any atom is -0.507 e. The number of aliphatic carboxylic acids is 1. The third-order valence-electron chi connectivity index (χ3n) is 4.21. The molecule has 0 unspecified atom stereocenters. The number of phenolic OH excluding ortho intramolecular Hbond substituents is 1. The van der Waals surface area contributed by atoms with E-state index in [-0.39, 0.29) is 22.6 Å². The third-order valence-corrected chi connectivity index (χ3v) is 4.46. The molecule has 0 heterocycles. The maximum atomic E-state index is 11.8. The van der Waals surface area contributed by atoms with Gasteiger partial charge in [0.05, 0.1) is 5.69 Å². The van der Waals surface area contributed by atoms with Crippen LogP contribution in [0.25, 0.3) is 11.1 Å². The highest BCUT2D eigenvalue weighted by Crippen LogP contribution is 2.32. The Morgan fingerprint density at radius 1 is 1.10 bits per heavy atom. The Hall–Kier alpha value is -3.82. The van der Waals surface area contributed by atoms with Crippen molar-refractivity contribution in [1.29, 1.82) is 5.26 Å². The summed E-state index contributed by atoms with van der Waals surface area (Å²) < 4.78 is 0. The number of nitriles is 1. The molecule has 0 spiro atoms. The van der Waals surface area contributed by atoms with Crippen molar-refractivity contribution in [1.82, 2.24) is 0 Å². The van der Waals surface area contributed by atoms with E-state index in [0.717, 1.165) is 5.56 Å². The Morgan fingerprint density at radius 2 is 1.76 bits per heavy atom. The van der Waals surface area contributed by atoms with Crippen molar-refractivity contribution < 1.29 is 15.0 Å². The second-order valence-corrected chi connectivity index (χ2v) is 6.72. The van der Waals surface area contributed by atoms with Crippen molar-refractivity contribution in [3.8, 4) is 22.9 Å². The summed E-state index contributed by atoms with van der Waals surface area (Å²) in [6, 6.07) is 18.6. The number of aromatic hydroxyl groups is 1. The van der Waals surface area contributed by atoms with E-state index in [0.29, 0.717) is 21.8 Å². The number of hydrogen-bond acceptors (Lipinski definition) is 5. The minimum absolute atomic E-state index is 0.0345. The van der Waals surface area contributed by atoms with E-state index in [1.165, 1.54) is 12.1 Å². The number of nitrogens with one attached hydrogen (secondary N) is 1. The molecule has 0 aliphatic heterocycles. The van der Waals surface area contributed by atoms with Crippen LogP contribution in [0.5, 0.6) is 5.75 Å². The van der Waals surface area contributed by atoms with Crippen molar-refractivity contribution in [3.05, 3.63) is 82.4 Å². The molecule has 0 bridgehead atoms. The van der Waals surface area contributed by atoms with Crippen molar-refractivity contribution >= 4 is 29.0 Å². The summed E-state index contributed by atoms with van der Waals surface area (Å²) in [5, 5.41) is 33.9. The van der Waals surface area contributed by atoms with Crippen LogP contribution in [0, 0.1) is 18.3 Å². The van der Waals surface area contributed by atoms with E-state index in [2.05, 4.69) is 10.5 Å². The Morgan fingerprint density at radius 3 is 2.34 bits per heavy atom. The molecule has 0 amide bonds. The topological polar surface area (TPSA) is 106 Å². The van der Waals surface area contributed by atoms with Crippen LogP contribution in [-0.2, 0) is 4.79 Å². The van der Waals surface area contributed by atoms with Gasteiger partial charge in [-0.1, -0.05) is 41.4 Å².